The van der Waals surface area contributed by atoms with Crippen molar-refractivity contribution in [3.05, 3.63) is 24.3 Å². The number of rotatable bonds is 1. The fraction of sp³-hybridized carbons (Fsp3) is 0.400. The van der Waals surface area contributed by atoms with Gasteiger partial charge in [-0.2, -0.15) is 0 Å². The van der Waals surface area contributed by atoms with Crippen molar-refractivity contribution in [2.75, 3.05) is 23.7 Å². The van der Waals surface area contributed by atoms with Gasteiger partial charge in [-0.15, -0.1) is 24.8 Å². The monoisotopic (exact) mass is 249 g/mol. The van der Waals surface area contributed by atoms with E-state index in [1.807, 2.05) is 24.3 Å². The third-order valence-corrected chi connectivity index (χ3v) is 2.48. The Morgan fingerprint density at radius 1 is 1.13 bits per heavy atom. The highest BCUT2D eigenvalue weighted by Gasteiger charge is 2.18. The highest BCUT2D eigenvalue weighted by Crippen LogP contribution is 2.20. The van der Waals surface area contributed by atoms with Crippen LogP contribution < -0.4 is 16.4 Å². The van der Waals surface area contributed by atoms with E-state index in [4.69, 9.17) is 11.5 Å². The van der Waals surface area contributed by atoms with E-state index >= 15 is 0 Å². The molecular weight excluding hydrogens is 233 g/mol. The molecule has 2 rings (SSSR count). The fourth-order valence-electron chi connectivity index (χ4n) is 1.71. The van der Waals surface area contributed by atoms with Crippen molar-refractivity contribution in [2.24, 2.45) is 5.73 Å². The summed E-state index contributed by atoms with van der Waals surface area (Å²) in [6, 6.07) is 8.29. The molecule has 15 heavy (non-hydrogen) atoms. The van der Waals surface area contributed by atoms with Crippen LogP contribution in [0.25, 0.3) is 0 Å². The van der Waals surface area contributed by atoms with Crippen molar-refractivity contribution >= 4 is 36.2 Å². The van der Waals surface area contributed by atoms with Crippen LogP contribution in [0.5, 0.6) is 0 Å². The molecule has 0 bridgehead atoms. The molecule has 4 N–H and O–H groups in total. The Morgan fingerprint density at radius 3 is 2.20 bits per heavy atom. The summed E-state index contributed by atoms with van der Waals surface area (Å²) in [5.74, 6) is 0. The maximum absolute atomic E-state index is 5.83. The lowest BCUT2D eigenvalue weighted by molar-refractivity contribution is 0.752. The first-order valence-corrected chi connectivity index (χ1v) is 4.62. The molecule has 1 heterocycles. The average Bonchev–Trinajstić information content (AvgIpc) is 2.53. The zero-order valence-electron chi connectivity index (χ0n) is 8.43. The Morgan fingerprint density at radius 2 is 1.73 bits per heavy atom. The van der Waals surface area contributed by atoms with Crippen LogP contribution in [0, 0.1) is 0 Å². The third-order valence-electron chi connectivity index (χ3n) is 2.48. The topological polar surface area (TPSA) is 55.3 Å². The van der Waals surface area contributed by atoms with Crippen molar-refractivity contribution in [1.82, 2.24) is 0 Å². The van der Waals surface area contributed by atoms with Gasteiger partial charge in [-0.3, -0.25) is 0 Å². The van der Waals surface area contributed by atoms with Gasteiger partial charge < -0.3 is 16.4 Å². The Balaban J connectivity index is 0.000000980. The van der Waals surface area contributed by atoms with Gasteiger partial charge in [-0.05, 0) is 30.7 Å². The summed E-state index contributed by atoms with van der Waals surface area (Å²) in [5.41, 5.74) is 13.5. The summed E-state index contributed by atoms with van der Waals surface area (Å²) >= 11 is 0. The standard InChI is InChI=1S/C10H15N3.2ClH/c11-8-1-3-10(4-2-8)13-6-5-9(12)7-13;;/h1-4,9H,5-7,11-12H2;2*1H. The van der Waals surface area contributed by atoms with Crippen molar-refractivity contribution in [3.8, 4) is 0 Å². The molecule has 1 fully saturated rings. The maximum atomic E-state index is 5.83. The summed E-state index contributed by atoms with van der Waals surface area (Å²) < 4.78 is 0. The van der Waals surface area contributed by atoms with Gasteiger partial charge in [0.1, 0.15) is 0 Å². The van der Waals surface area contributed by atoms with Crippen LogP contribution in [0.4, 0.5) is 11.4 Å². The molecule has 0 radical (unpaired) electrons. The zero-order chi connectivity index (χ0) is 9.26. The molecule has 0 amide bonds. The summed E-state index contributed by atoms with van der Waals surface area (Å²) in [4.78, 5) is 2.30. The summed E-state index contributed by atoms with van der Waals surface area (Å²) in [6.45, 7) is 2.02. The van der Waals surface area contributed by atoms with Gasteiger partial charge in [0, 0.05) is 30.5 Å². The van der Waals surface area contributed by atoms with Gasteiger partial charge in [-0.1, -0.05) is 0 Å². The summed E-state index contributed by atoms with van der Waals surface area (Å²) in [6.07, 6.45) is 1.09. The molecule has 1 aliphatic heterocycles. The normalized spacial score (nSPS) is 19.3. The van der Waals surface area contributed by atoms with Gasteiger partial charge in [0.2, 0.25) is 0 Å². The maximum Gasteiger partial charge on any atom is 0.0368 e. The Kier molecular flexibility index (Phi) is 5.80. The highest BCUT2D eigenvalue weighted by molar-refractivity contribution is 5.85. The zero-order valence-corrected chi connectivity index (χ0v) is 10.1. The van der Waals surface area contributed by atoms with E-state index in [2.05, 4.69) is 4.90 Å². The molecule has 5 heteroatoms. The number of nitrogens with zero attached hydrogens (tertiary/aromatic N) is 1. The number of nitrogen functional groups attached to an aromatic ring is 1. The molecule has 1 saturated heterocycles. The number of halogens is 2. The van der Waals surface area contributed by atoms with E-state index in [0.29, 0.717) is 6.04 Å². The van der Waals surface area contributed by atoms with Crippen molar-refractivity contribution in [3.63, 3.8) is 0 Å². The summed E-state index contributed by atoms with van der Waals surface area (Å²) in [5, 5.41) is 0. The minimum atomic E-state index is 0. The minimum absolute atomic E-state index is 0. The summed E-state index contributed by atoms with van der Waals surface area (Å²) in [7, 11) is 0. The second kappa shape index (κ2) is 6.05. The average molecular weight is 250 g/mol. The molecule has 0 aliphatic carbocycles. The molecule has 3 nitrogen and oxygen atoms in total. The molecule has 0 aromatic heterocycles. The molecule has 1 aromatic carbocycles. The van der Waals surface area contributed by atoms with Crippen LogP contribution >= 0.6 is 24.8 Å². The van der Waals surface area contributed by atoms with Crippen molar-refractivity contribution in [2.45, 2.75) is 12.5 Å². The smallest absolute Gasteiger partial charge is 0.0368 e. The lowest BCUT2D eigenvalue weighted by Crippen LogP contribution is -2.26. The predicted molar refractivity (Wildman–Crippen MR) is 70.2 cm³/mol. The second-order valence-electron chi connectivity index (χ2n) is 3.59. The SMILES string of the molecule is Cl.Cl.Nc1ccc(N2CCC(N)C2)cc1. The van der Waals surface area contributed by atoms with Gasteiger partial charge >= 0.3 is 0 Å². The Bertz CT molecular complexity index is 289. The molecule has 1 aliphatic rings. The highest BCUT2D eigenvalue weighted by atomic mass is 35.5. The number of benzene rings is 1. The van der Waals surface area contributed by atoms with Crippen LogP contribution in [-0.2, 0) is 0 Å². The molecular formula is C10H17Cl2N3. The first-order valence-electron chi connectivity index (χ1n) is 4.62. The largest absolute Gasteiger partial charge is 0.399 e. The molecule has 0 spiro atoms. The first-order chi connectivity index (χ1) is 6.25. The van der Waals surface area contributed by atoms with Gasteiger partial charge in [-0.25, -0.2) is 0 Å². The van der Waals surface area contributed by atoms with E-state index < -0.39 is 0 Å². The van der Waals surface area contributed by atoms with E-state index in [0.717, 1.165) is 25.2 Å². The lowest BCUT2D eigenvalue weighted by atomic mass is 10.2. The lowest BCUT2D eigenvalue weighted by Gasteiger charge is -2.17. The number of hydrogen-bond donors (Lipinski definition) is 2. The predicted octanol–water partition coefficient (Wildman–Crippen LogP) is 1.65. The first kappa shape index (κ1) is 14.4. The van der Waals surface area contributed by atoms with Gasteiger partial charge in [0.25, 0.3) is 0 Å². The second-order valence-corrected chi connectivity index (χ2v) is 3.59. The van der Waals surface area contributed by atoms with Crippen LogP contribution in [0.3, 0.4) is 0 Å². The number of nitrogens with two attached hydrogens (primary N) is 2. The third kappa shape index (κ3) is 3.45. The number of anilines is 2. The molecule has 86 valence electrons. The van der Waals surface area contributed by atoms with E-state index in [-0.39, 0.29) is 24.8 Å². The minimum Gasteiger partial charge on any atom is -0.399 e. The van der Waals surface area contributed by atoms with E-state index in [9.17, 15) is 0 Å². The molecule has 1 aromatic rings. The molecule has 1 atom stereocenters. The van der Waals surface area contributed by atoms with Gasteiger partial charge in [0.15, 0.2) is 0 Å². The fourth-order valence-corrected chi connectivity index (χ4v) is 1.71. The molecule has 0 saturated carbocycles. The van der Waals surface area contributed by atoms with Crippen LogP contribution in [0.2, 0.25) is 0 Å². The number of hydrogen-bond acceptors (Lipinski definition) is 3. The van der Waals surface area contributed by atoms with Gasteiger partial charge in [0.05, 0.1) is 0 Å². The van der Waals surface area contributed by atoms with Crippen molar-refractivity contribution < 1.29 is 0 Å². The van der Waals surface area contributed by atoms with Crippen LogP contribution in [0.1, 0.15) is 6.42 Å². The van der Waals surface area contributed by atoms with E-state index in [1.54, 1.807) is 0 Å². The van der Waals surface area contributed by atoms with Crippen molar-refractivity contribution in [1.29, 1.82) is 0 Å². The van der Waals surface area contributed by atoms with Crippen LogP contribution in [-0.4, -0.2) is 19.1 Å². The Labute approximate surface area is 103 Å². The van der Waals surface area contributed by atoms with E-state index in [1.165, 1.54) is 5.69 Å². The quantitative estimate of drug-likeness (QED) is 0.745. The Hall–Kier alpha value is -0.640. The molecule has 1 unspecified atom stereocenters. The van der Waals surface area contributed by atoms with Crippen LogP contribution in [0.15, 0.2) is 24.3 Å².